The maximum absolute atomic E-state index is 13.1. The maximum Gasteiger partial charge on any atom is 0.472 e. The van der Waals surface area contributed by atoms with Crippen LogP contribution in [0.2, 0.25) is 0 Å². The molecule has 0 rings (SSSR count). The predicted molar refractivity (Wildman–Crippen MR) is 528 cm³/mol. The summed E-state index contributed by atoms with van der Waals surface area (Å²) in [5, 5.41) is 20.8. The summed E-state index contributed by atoms with van der Waals surface area (Å²) in [4.78, 5) is 59.2. The molecule has 718 valence electrons. The van der Waals surface area contributed by atoms with Crippen LogP contribution in [-0.4, -0.2) is 95.9 Å². The Morgan fingerprint density at radius 3 is 0.672 bits per heavy atom. The van der Waals surface area contributed by atoms with Gasteiger partial charge in [-0.15, -0.1) is 0 Å². The molecule has 125 heavy (non-hydrogen) atoms. The largest absolute Gasteiger partial charge is 0.472 e. The van der Waals surface area contributed by atoms with Gasteiger partial charge in [-0.2, -0.15) is 0 Å². The van der Waals surface area contributed by atoms with Crippen molar-refractivity contribution in [2.45, 2.75) is 450 Å². The van der Waals surface area contributed by atoms with Crippen LogP contribution in [0, 0.1) is 0 Å². The summed E-state index contributed by atoms with van der Waals surface area (Å²) >= 11 is 0. The molecule has 0 aliphatic rings. The van der Waals surface area contributed by atoms with E-state index in [9.17, 15) is 43.5 Å². The number of ether oxygens (including phenoxy) is 3. The second kappa shape index (κ2) is 98.0. The minimum absolute atomic E-state index is 0.0900. The van der Waals surface area contributed by atoms with Crippen molar-refractivity contribution < 1.29 is 75.8 Å². The molecule has 0 spiro atoms. The van der Waals surface area contributed by atoms with Crippen molar-refractivity contribution in [1.82, 2.24) is 0 Å². The number of aliphatic hydroxyl groups is 2. The summed E-state index contributed by atoms with van der Waals surface area (Å²) in [6.07, 6.45) is 128. The van der Waals surface area contributed by atoms with E-state index < -0.39 is 91.5 Å². The second-order valence-electron chi connectivity index (χ2n) is 33.5. The van der Waals surface area contributed by atoms with Gasteiger partial charge in [-0.25, -0.2) is 9.13 Å². The van der Waals surface area contributed by atoms with Gasteiger partial charge in [-0.3, -0.25) is 32.5 Å². The van der Waals surface area contributed by atoms with E-state index in [1.807, 2.05) is 0 Å². The normalized spacial score (nSPS) is 14.4. The molecule has 16 nitrogen and oxygen atoms in total. The number of phosphoric acid groups is 2. The molecule has 0 amide bonds. The van der Waals surface area contributed by atoms with E-state index >= 15 is 0 Å². The summed E-state index contributed by atoms with van der Waals surface area (Å²) in [5.41, 5.74) is 0. The smallest absolute Gasteiger partial charge is 0.463 e. The van der Waals surface area contributed by atoms with Crippen molar-refractivity contribution in [2.24, 2.45) is 0 Å². The summed E-state index contributed by atoms with van der Waals surface area (Å²) < 4.78 is 61.6. The average molecular weight is 1790 g/mol. The fourth-order valence-electron chi connectivity index (χ4n) is 13.8. The molecule has 0 fully saturated rings. The summed E-state index contributed by atoms with van der Waals surface area (Å²) in [7, 11) is -9.82. The van der Waals surface area contributed by atoms with Gasteiger partial charge in [0.2, 0.25) is 0 Å². The van der Waals surface area contributed by atoms with Crippen LogP contribution >= 0.6 is 15.6 Å². The quantitative estimate of drug-likeness (QED) is 0.0146. The van der Waals surface area contributed by atoms with Gasteiger partial charge in [0.1, 0.15) is 25.4 Å². The van der Waals surface area contributed by atoms with E-state index in [4.69, 9.17) is 32.3 Å². The molecular weight excluding hydrogens is 1600 g/mol. The molecule has 5 unspecified atom stereocenters. The minimum atomic E-state index is -4.95. The molecule has 0 radical (unpaired) electrons. The van der Waals surface area contributed by atoms with Crippen molar-refractivity contribution in [3.63, 3.8) is 0 Å². The zero-order chi connectivity index (χ0) is 90.7. The third-order valence-corrected chi connectivity index (χ3v) is 23.3. The molecule has 18 heteroatoms. The summed E-state index contributed by atoms with van der Waals surface area (Å²) in [6.45, 7) is 2.57. The number of phosphoric ester groups is 2. The molecular formula is C107H184O16P2. The number of aliphatic hydroxyl groups excluding tert-OH is 2. The number of esters is 3. The second-order valence-corrected chi connectivity index (χ2v) is 36.5. The fourth-order valence-corrected chi connectivity index (χ4v) is 15.4. The van der Waals surface area contributed by atoms with Crippen LogP contribution in [-0.2, 0) is 55.8 Å². The molecule has 0 aliphatic carbocycles. The number of carbonyl (C=O) groups is 3. The summed E-state index contributed by atoms with van der Waals surface area (Å²) in [6, 6.07) is 0. The van der Waals surface area contributed by atoms with E-state index in [2.05, 4.69) is 191 Å². The van der Waals surface area contributed by atoms with E-state index in [0.717, 1.165) is 161 Å². The molecule has 0 heterocycles. The number of unbranched alkanes of at least 4 members (excludes halogenated alkanes) is 44. The van der Waals surface area contributed by atoms with E-state index in [-0.39, 0.29) is 19.3 Å². The Kier molecular flexibility index (Phi) is 94.0. The first-order valence-corrected chi connectivity index (χ1v) is 53.4. The van der Waals surface area contributed by atoms with Crippen molar-refractivity contribution in [3.05, 3.63) is 170 Å². The number of hydrogen-bond acceptors (Lipinski definition) is 14. The van der Waals surface area contributed by atoms with Crippen LogP contribution < -0.4 is 0 Å². The topological polar surface area (TPSA) is 231 Å². The zero-order valence-electron chi connectivity index (χ0n) is 79.5. The number of carbonyl (C=O) groups excluding carboxylic acids is 3. The Hall–Kier alpha value is -5.09. The number of allylic oxidation sites excluding steroid dienone is 28. The van der Waals surface area contributed by atoms with Crippen molar-refractivity contribution >= 4 is 33.6 Å². The fraction of sp³-hybridized carbons (Fsp3) is 0.710. The van der Waals surface area contributed by atoms with E-state index in [1.165, 1.54) is 212 Å². The first-order chi connectivity index (χ1) is 61.2. The highest BCUT2D eigenvalue weighted by Crippen LogP contribution is 2.45. The number of hydrogen-bond donors (Lipinski definition) is 4. The van der Waals surface area contributed by atoms with Gasteiger partial charge in [0.15, 0.2) is 6.10 Å². The number of rotatable bonds is 95. The highest BCUT2D eigenvalue weighted by Gasteiger charge is 2.30. The van der Waals surface area contributed by atoms with Gasteiger partial charge in [0, 0.05) is 19.3 Å². The molecule has 5 atom stereocenters. The van der Waals surface area contributed by atoms with Gasteiger partial charge in [-0.1, -0.05) is 422 Å². The van der Waals surface area contributed by atoms with E-state index in [0.29, 0.717) is 19.3 Å². The SMILES string of the molecule is CC/C=C\C/C=C\C/C=C\C/C=C\C/C=C\C/C=C\CCCCCCCCCCCCCCCCCCC(=O)OCC(O)COP(=O)(O)OCC(O)COP(=O)(O)OCC(COC(=O)CCCCCCCCCCCCCCCCC/C=C\C/C=C\C/C=C\C/C=C\CCCCC)OC(=O)CCCCCCCCC/C=C\C/C=C\C/C=C\C/C=C\CCCCC. The average Bonchev–Trinajstić information content (AvgIpc) is 0.902. The Bertz CT molecular complexity index is 2950. The van der Waals surface area contributed by atoms with Crippen molar-refractivity contribution in [3.8, 4) is 0 Å². The predicted octanol–water partition coefficient (Wildman–Crippen LogP) is 31.8. The van der Waals surface area contributed by atoms with Crippen LogP contribution in [0.25, 0.3) is 0 Å². The third kappa shape index (κ3) is 99.3. The molecule has 4 N–H and O–H groups in total. The van der Waals surface area contributed by atoms with Crippen LogP contribution in [0.1, 0.15) is 432 Å². The lowest BCUT2D eigenvalue weighted by Gasteiger charge is -2.21. The Morgan fingerprint density at radius 1 is 0.232 bits per heavy atom. The standard InChI is InChI=1S/C107H184O16P2/c1-4-7-10-13-16-19-22-25-28-31-34-37-40-42-44-46-48-49-50-51-53-55-56-58-61-63-66-69-72-75-78-81-84-87-90-93-105(110)117-96-102(108)97-119-124(113,114)120-98-103(109)99-121-125(115,116)122-101-104(123-107(112)95-92-89-86-83-80-77-74-71-68-65-60-39-36-33-30-27-24-21-18-15-12-9-6-3)100-118-106(111)94-91-88-85-82-79-76-73-70-67-64-62-59-57-54-52-47-45-43-41-38-35-32-29-26-23-20-17-14-11-8-5-2/h7,10,16-21,25-30,34-39,42-45,48-49,65,68,102-104,108-109H,4-6,8-9,11-15,22-24,31-33,40-41,46-47,50-64,66-67,69-101H2,1-3H3,(H,113,114)(H,115,116)/b10-7-,19-16-,20-17-,21-18-,28-25-,29-26-,30-27-,37-34-,38-35-,39-36-,44-42-,45-43-,49-48-,68-65-. The van der Waals surface area contributed by atoms with Gasteiger partial charge in [0.25, 0.3) is 0 Å². The highest BCUT2D eigenvalue weighted by atomic mass is 31.2. The van der Waals surface area contributed by atoms with Crippen LogP contribution in [0.3, 0.4) is 0 Å². The van der Waals surface area contributed by atoms with Crippen LogP contribution in [0.4, 0.5) is 0 Å². The maximum atomic E-state index is 13.1. The van der Waals surface area contributed by atoms with Gasteiger partial charge in [-0.05, 0) is 161 Å². The molecule has 0 aromatic carbocycles. The highest BCUT2D eigenvalue weighted by molar-refractivity contribution is 7.47. The van der Waals surface area contributed by atoms with Gasteiger partial charge >= 0.3 is 33.6 Å². The molecule has 0 aromatic heterocycles. The van der Waals surface area contributed by atoms with Crippen LogP contribution in [0.5, 0.6) is 0 Å². The molecule has 0 aliphatic heterocycles. The third-order valence-electron chi connectivity index (χ3n) is 21.4. The van der Waals surface area contributed by atoms with Crippen molar-refractivity contribution in [2.75, 3.05) is 39.6 Å². The Labute approximate surface area is 764 Å². The molecule has 0 aromatic rings. The Morgan fingerprint density at radius 2 is 0.424 bits per heavy atom. The lowest BCUT2D eigenvalue weighted by molar-refractivity contribution is -0.161. The molecule has 0 saturated carbocycles. The lowest BCUT2D eigenvalue weighted by Crippen LogP contribution is -2.30. The van der Waals surface area contributed by atoms with Crippen LogP contribution in [0.15, 0.2) is 170 Å². The first-order valence-electron chi connectivity index (χ1n) is 50.4. The zero-order valence-corrected chi connectivity index (χ0v) is 81.3. The minimum Gasteiger partial charge on any atom is -0.463 e. The lowest BCUT2D eigenvalue weighted by atomic mass is 10.0. The van der Waals surface area contributed by atoms with Crippen molar-refractivity contribution in [1.29, 1.82) is 0 Å². The molecule has 0 saturated heterocycles. The molecule has 0 bridgehead atoms. The Balaban J connectivity index is 4.56. The van der Waals surface area contributed by atoms with Gasteiger partial charge < -0.3 is 34.2 Å². The van der Waals surface area contributed by atoms with E-state index in [1.54, 1.807) is 0 Å². The first kappa shape index (κ1) is 120. The van der Waals surface area contributed by atoms with Gasteiger partial charge in [0.05, 0.1) is 26.4 Å². The summed E-state index contributed by atoms with van der Waals surface area (Å²) in [5.74, 6) is -1.57. The monoisotopic (exact) mass is 1790 g/mol.